The first kappa shape index (κ1) is 15.0. The minimum atomic E-state index is 0.294. The molecular formula is C15H25NO2. The summed E-state index contributed by atoms with van der Waals surface area (Å²) in [6, 6.07) is 6.63. The smallest absolute Gasteiger partial charge is 0.123 e. The van der Waals surface area contributed by atoms with E-state index in [1.54, 1.807) is 7.11 Å². The Hall–Kier alpha value is -1.06. The third-order valence-electron chi connectivity index (χ3n) is 2.98. The highest BCUT2D eigenvalue weighted by Crippen LogP contribution is 2.25. The lowest BCUT2D eigenvalue weighted by Crippen LogP contribution is -2.21. The molecule has 1 atom stereocenters. The van der Waals surface area contributed by atoms with Gasteiger partial charge in [-0.1, -0.05) is 12.1 Å². The molecule has 0 saturated heterocycles. The maximum atomic E-state index is 5.43. The molecule has 0 aliphatic rings. The number of aryl methyl sites for hydroxylation is 1. The van der Waals surface area contributed by atoms with Gasteiger partial charge in [0.15, 0.2) is 0 Å². The van der Waals surface area contributed by atoms with Gasteiger partial charge in [0.2, 0.25) is 0 Å². The zero-order valence-electron chi connectivity index (χ0n) is 12.0. The Labute approximate surface area is 110 Å². The predicted molar refractivity (Wildman–Crippen MR) is 75.3 cm³/mol. The Kier molecular flexibility index (Phi) is 6.76. The molecule has 0 aliphatic heterocycles. The Morgan fingerprint density at radius 3 is 2.78 bits per heavy atom. The van der Waals surface area contributed by atoms with Crippen molar-refractivity contribution in [2.75, 3.05) is 26.9 Å². The van der Waals surface area contributed by atoms with Crippen LogP contribution in [-0.4, -0.2) is 26.9 Å². The van der Waals surface area contributed by atoms with E-state index < -0.39 is 0 Å². The van der Waals surface area contributed by atoms with Crippen LogP contribution in [0.4, 0.5) is 0 Å². The second-order valence-electron chi connectivity index (χ2n) is 4.47. The Bertz CT molecular complexity index is 352. The van der Waals surface area contributed by atoms with Gasteiger partial charge in [-0.2, -0.15) is 0 Å². The maximum Gasteiger partial charge on any atom is 0.123 e. The van der Waals surface area contributed by atoms with E-state index in [9.17, 15) is 0 Å². The van der Waals surface area contributed by atoms with Crippen LogP contribution in [0.2, 0.25) is 0 Å². The normalized spacial score (nSPS) is 12.4. The van der Waals surface area contributed by atoms with Gasteiger partial charge in [0.1, 0.15) is 5.75 Å². The van der Waals surface area contributed by atoms with Crippen molar-refractivity contribution < 1.29 is 9.47 Å². The van der Waals surface area contributed by atoms with Crippen LogP contribution in [0.5, 0.6) is 5.75 Å². The molecule has 0 fully saturated rings. The zero-order valence-corrected chi connectivity index (χ0v) is 12.0. The van der Waals surface area contributed by atoms with Gasteiger partial charge in [0.25, 0.3) is 0 Å². The van der Waals surface area contributed by atoms with Crippen LogP contribution in [0.25, 0.3) is 0 Å². The fourth-order valence-electron chi connectivity index (χ4n) is 1.92. The number of ether oxygens (including phenoxy) is 2. The minimum absolute atomic E-state index is 0.294. The molecule has 0 heterocycles. The fourth-order valence-corrected chi connectivity index (χ4v) is 1.92. The van der Waals surface area contributed by atoms with Gasteiger partial charge in [0.05, 0.1) is 7.11 Å². The molecule has 1 unspecified atom stereocenters. The molecule has 0 spiro atoms. The first-order valence-corrected chi connectivity index (χ1v) is 6.64. The summed E-state index contributed by atoms with van der Waals surface area (Å²) in [6.45, 7) is 8.83. The van der Waals surface area contributed by atoms with Crippen molar-refractivity contribution in [2.45, 2.75) is 33.2 Å². The summed E-state index contributed by atoms with van der Waals surface area (Å²) in [6.07, 6.45) is 1.03. The van der Waals surface area contributed by atoms with Crippen LogP contribution in [0.1, 0.15) is 37.4 Å². The number of rotatable bonds is 8. The highest BCUT2D eigenvalue weighted by atomic mass is 16.5. The van der Waals surface area contributed by atoms with Crippen LogP contribution < -0.4 is 10.1 Å². The van der Waals surface area contributed by atoms with E-state index in [1.807, 2.05) is 6.92 Å². The highest BCUT2D eigenvalue weighted by Gasteiger charge is 2.10. The summed E-state index contributed by atoms with van der Waals surface area (Å²) < 4.78 is 10.7. The molecule has 3 nitrogen and oxygen atoms in total. The van der Waals surface area contributed by atoms with Gasteiger partial charge in [-0.3, -0.25) is 0 Å². The topological polar surface area (TPSA) is 30.5 Å². The Morgan fingerprint density at radius 2 is 2.11 bits per heavy atom. The standard InChI is InChI=1S/C15H25NO2/c1-5-18-10-6-9-16-13(3)14-8-7-12(2)11-15(14)17-4/h7-8,11,13,16H,5-6,9-10H2,1-4H3. The lowest BCUT2D eigenvalue weighted by Gasteiger charge is -2.17. The average Bonchev–Trinajstić information content (AvgIpc) is 2.38. The van der Waals surface area contributed by atoms with E-state index in [2.05, 4.69) is 37.4 Å². The molecule has 1 N–H and O–H groups in total. The first-order valence-electron chi connectivity index (χ1n) is 6.64. The van der Waals surface area contributed by atoms with Crippen molar-refractivity contribution >= 4 is 0 Å². The van der Waals surface area contributed by atoms with Crippen molar-refractivity contribution in [3.05, 3.63) is 29.3 Å². The van der Waals surface area contributed by atoms with Crippen LogP contribution in [-0.2, 0) is 4.74 Å². The molecular weight excluding hydrogens is 226 g/mol. The Morgan fingerprint density at radius 1 is 1.33 bits per heavy atom. The zero-order chi connectivity index (χ0) is 13.4. The molecule has 0 aliphatic carbocycles. The molecule has 0 aromatic heterocycles. The van der Waals surface area contributed by atoms with Gasteiger partial charge in [-0.25, -0.2) is 0 Å². The van der Waals surface area contributed by atoms with E-state index in [0.29, 0.717) is 6.04 Å². The predicted octanol–water partition coefficient (Wildman–Crippen LogP) is 3.08. The molecule has 0 radical (unpaired) electrons. The number of benzene rings is 1. The maximum absolute atomic E-state index is 5.43. The van der Waals surface area contributed by atoms with Crippen LogP contribution in [0.3, 0.4) is 0 Å². The molecule has 1 aromatic rings. The molecule has 1 rings (SSSR count). The van der Waals surface area contributed by atoms with Gasteiger partial charge in [0, 0.05) is 24.8 Å². The van der Waals surface area contributed by atoms with Gasteiger partial charge in [-0.05, 0) is 45.4 Å². The quantitative estimate of drug-likeness (QED) is 0.720. The first-order chi connectivity index (χ1) is 8.69. The third-order valence-corrected chi connectivity index (χ3v) is 2.98. The molecule has 0 saturated carbocycles. The van der Waals surface area contributed by atoms with Gasteiger partial charge >= 0.3 is 0 Å². The summed E-state index contributed by atoms with van der Waals surface area (Å²) in [4.78, 5) is 0. The van der Waals surface area contributed by atoms with E-state index in [1.165, 1.54) is 11.1 Å². The highest BCUT2D eigenvalue weighted by molar-refractivity contribution is 5.38. The molecule has 0 bridgehead atoms. The van der Waals surface area contributed by atoms with Crippen molar-refractivity contribution in [2.24, 2.45) is 0 Å². The molecule has 102 valence electrons. The second kappa shape index (κ2) is 8.11. The summed E-state index contributed by atoms with van der Waals surface area (Å²) in [7, 11) is 1.72. The van der Waals surface area contributed by atoms with Gasteiger partial charge < -0.3 is 14.8 Å². The summed E-state index contributed by atoms with van der Waals surface area (Å²) in [5.41, 5.74) is 2.43. The van der Waals surface area contributed by atoms with Crippen LogP contribution in [0, 0.1) is 6.92 Å². The average molecular weight is 251 g/mol. The second-order valence-corrected chi connectivity index (χ2v) is 4.47. The third kappa shape index (κ3) is 4.67. The molecule has 3 heteroatoms. The van der Waals surface area contributed by atoms with Crippen molar-refractivity contribution in [1.29, 1.82) is 0 Å². The van der Waals surface area contributed by atoms with Crippen molar-refractivity contribution in [3.8, 4) is 5.75 Å². The van der Waals surface area contributed by atoms with Crippen molar-refractivity contribution in [3.63, 3.8) is 0 Å². The fraction of sp³-hybridized carbons (Fsp3) is 0.600. The van der Waals surface area contributed by atoms with E-state index in [-0.39, 0.29) is 0 Å². The van der Waals surface area contributed by atoms with Crippen molar-refractivity contribution in [1.82, 2.24) is 5.32 Å². The monoisotopic (exact) mass is 251 g/mol. The molecule has 18 heavy (non-hydrogen) atoms. The van der Waals surface area contributed by atoms with E-state index in [0.717, 1.165) is 31.9 Å². The van der Waals surface area contributed by atoms with Crippen LogP contribution >= 0.6 is 0 Å². The number of hydrogen-bond acceptors (Lipinski definition) is 3. The van der Waals surface area contributed by atoms with E-state index in [4.69, 9.17) is 9.47 Å². The Balaban J connectivity index is 2.48. The lowest BCUT2D eigenvalue weighted by atomic mass is 10.0. The minimum Gasteiger partial charge on any atom is -0.496 e. The number of nitrogens with one attached hydrogen (secondary N) is 1. The SMILES string of the molecule is CCOCCCNC(C)c1ccc(C)cc1OC. The van der Waals surface area contributed by atoms with E-state index >= 15 is 0 Å². The molecule has 0 amide bonds. The summed E-state index contributed by atoms with van der Waals surface area (Å²) in [5, 5.41) is 3.49. The summed E-state index contributed by atoms with van der Waals surface area (Å²) in [5.74, 6) is 0.958. The number of methoxy groups -OCH3 is 1. The van der Waals surface area contributed by atoms with Gasteiger partial charge in [-0.15, -0.1) is 0 Å². The lowest BCUT2D eigenvalue weighted by molar-refractivity contribution is 0.144. The number of hydrogen-bond donors (Lipinski definition) is 1. The summed E-state index contributed by atoms with van der Waals surface area (Å²) >= 11 is 0. The van der Waals surface area contributed by atoms with Crippen LogP contribution in [0.15, 0.2) is 18.2 Å². The molecule has 1 aromatic carbocycles. The largest absolute Gasteiger partial charge is 0.496 e.